The first-order valence-electron chi connectivity index (χ1n) is 4.36. The van der Waals surface area contributed by atoms with Crippen LogP contribution >= 0.6 is 11.3 Å². The summed E-state index contributed by atoms with van der Waals surface area (Å²) in [5.41, 5.74) is 7.85. The van der Waals surface area contributed by atoms with Crippen LogP contribution in [0.1, 0.15) is 16.3 Å². The minimum atomic E-state index is 0.598. The predicted molar refractivity (Wildman–Crippen MR) is 58.3 cm³/mol. The zero-order valence-corrected chi connectivity index (χ0v) is 8.71. The van der Waals surface area contributed by atoms with Crippen molar-refractivity contribution in [3.8, 4) is 0 Å². The van der Waals surface area contributed by atoms with Crippen molar-refractivity contribution in [2.45, 2.75) is 13.3 Å². The highest BCUT2D eigenvalue weighted by Gasteiger charge is 2.03. The Balaban J connectivity index is 2.23. The Hall–Kier alpha value is -1.42. The molecule has 0 spiro atoms. The van der Waals surface area contributed by atoms with E-state index in [0.29, 0.717) is 5.82 Å². The van der Waals surface area contributed by atoms with Crippen molar-refractivity contribution < 1.29 is 0 Å². The Morgan fingerprint density at radius 1 is 1.50 bits per heavy atom. The molecule has 0 radical (unpaired) electrons. The number of nitrogen functional groups attached to an aromatic ring is 1. The van der Waals surface area contributed by atoms with Gasteiger partial charge in [0.25, 0.3) is 0 Å². The molecule has 0 fully saturated rings. The summed E-state index contributed by atoms with van der Waals surface area (Å²) in [4.78, 5) is 8.42. The molecule has 0 aliphatic heterocycles. The van der Waals surface area contributed by atoms with Gasteiger partial charge in [0.1, 0.15) is 5.82 Å². The van der Waals surface area contributed by atoms with Crippen molar-refractivity contribution >= 4 is 17.2 Å². The summed E-state index contributed by atoms with van der Waals surface area (Å²) < 4.78 is 0. The second kappa shape index (κ2) is 3.75. The van der Waals surface area contributed by atoms with Crippen molar-refractivity contribution in [3.05, 3.63) is 40.0 Å². The lowest BCUT2D eigenvalue weighted by Crippen LogP contribution is -1.97. The lowest BCUT2D eigenvalue weighted by Gasteiger charge is -2.00. The standard InChI is InChI=1S/C10H11N3S/c1-7-6-14-9(13-7)5-8-3-2-4-12-10(8)11/h2-4,6H,5H2,1H3,(H2,11,12). The van der Waals surface area contributed by atoms with E-state index in [-0.39, 0.29) is 0 Å². The van der Waals surface area contributed by atoms with Gasteiger partial charge in [-0.3, -0.25) is 0 Å². The number of thiazole rings is 1. The first-order chi connectivity index (χ1) is 6.75. The topological polar surface area (TPSA) is 51.8 Å². The first-order valence-corrected chi connectivity index (χ1v) is 5.24. The summed E-state index contributed by atoms with van der Waals surface area (Å²) >= 11 is 1.66. The summed E-state index contributed by atoms with van der Waals surface area (Å²) in [5, 5.41) is 3.13. The van der Waals surface area contributed by atoms with Crippen LogP contribution in [0.5, 0.6) is 0 Å². The van der Waals surface area contributed by atoms with E-state index in [1.807, 2.05) is 24.4 Å². The maximum absolute atomic E-state index is 5.74. The van der Waals surface area contributed by atoms with Gasteiger partial charge in [0, 0.05) is 29.3 Å². The van der Waals surface area contributed by atoms with E-state index >= 15 is 0 Å². The highest BCUT2D eigenvalue weighted by molar-refractivity contribution is 7.09. The number of nitrogens with zero attached hydrogens (tertiary/aromatic N) is 2. The zero-order chi connectivity index (χ0) is 9.97. The Morgan fingerprint density at radius 2 is 2.36 bits per heavy atom. The summed E-state index contributed by atoms with van der Waals surface area (Å²) in [6.45, 7) is 1.99. The molecule has 0 saturated carbocycles. The van der Waals surface area contributed by atoms with Crippen molar-refractivity contribution in [1.29, 1.82) is 0 Å². The lowest BCUT2D eigenvalue weighted by atomic mass is 10.2. The molecule has 0 amide bonds. The van der Waals surface area contributed by atoms with E-state index in [4.69, 9.17) is 5.73 Å². The molecule has 2 aromatic heterocycles. The van der Waals surface area contributed by atoms with E-state index in [1.165, 1.54) is 0 Å². The SMILES string of the molecule is Cc1csc(Cc2cccnc2N)n1. The van der Waals surface area contributed by atoms with E-state index in [1.54, 1.807) is 17.5 Å². The molecule has 0 saturated heterocycles. The van der Waals surface area contributed by atoms with Gasteiger partial charge in [-0.05, 0) is 13.0 Å². The lowest BCUT2D eigenvalue weighted by molar-refractivity contribution is 1.09. The first kappa shape index (κ1) is 9.15. The Bertz CT molecular complexity index is 436. The molecule has 2 aromatic rings. The van der Waals surface area contributed by atoms with Crippen molar-refractivity contribution in [2.24, 2.45) is 0 Å². The van der Waals surface area contributed by atoms with Gasteiger partial charge in [0.2, 0.25) is 0 Å². The molecule has 72 valence electrons. The summed E-state index contributed by atoms with van der Waals surface area (Å²) in [5.74, 6) is 0.598. The maximum atomic E-state index is 5.74. The van der Waals surface area contributed by atoms with Crippen molar-refractivity contribution in [3.63, 3.8) is 0 Å². The molecule has 2 N–H and O–H groups in total. The minimum Gasteiger partial charge on any atom is -0.383 e. The number of hydrogen-bond acceptors (Lipinski definition) is 4. The van der Waals surface area contributed by atoms with Gasteiger partial charge < -0.3 is 5.73 Å². The van der Waals surface area contributed by atoms with E-state index in [2.05, 4.69) is 9.97 Å². The van der Waals surface area contributed by atoms with Gasteiger partial charge in [-0.1, -0.05) is 6.07 Å². The second-order valence-electron chi connectivity index (χ2n) is 3.11. The van der Waals surface area contributed by atoms with Crippen LogP contribution < -0.4 is 5.73 Å². The number of hydrogen-bond donors (Lipinski definition) is 1. The Morgan fingerprint density at radius 3 is 3.00 bits per heavy atom. The molecule has 2 heterocycles. The average Bonchev–Trinajstić information content (AvgIpc) is 2.56. The van der Waals surface area contributed by atoms with Crippen LogP contribution in [0.25, 0.3) is 0 Å². The third kappa shape index (κ3) is 1.90. The monoisotopic (exact) mass is 205 g/mol. The molecule has 14 heavy (non-hydrogen) atoms. The fraction of sp³-hybridized carbons (Fsp3) is 0.200. The molecule has 0 aromatic carbocycles. The Kier molecular flexibility index (Phi) is 2.45. The normalized spacial score (nSPS) is 10.4. The van der Waals surface area contributed by atoms with E-state index in [9.17, 15) is 0 Å². The zero-order valence-electron chi connectivity index (χ0n) is 7.90. The summed E-state index contributed by atoms with van der Waals surface area (Å²) in [6.07, 6.45) is 2.48. The molecular formula is C10H11N3S. The van der Waals surface area contributed by atoms with Crippen LogP contribution in [-0.4, -0.2) is 9.97 Å². The smallest absolute Gasteiger partial charge is 0.126 e. The molecule has 0 aliphatic carbocycles. The van der Waals surface area contributed by atoms with Gasteiger partial charge in [-0.25, -0.2) is 9.97 Å². The maximum Gasteiger partial charge on any atom is 0.126 e. The third-order valence-electron chi connectivity index (χ3n) is 1.93. The molecule has 3 nitrogen and oxygen atoms in total. The van der Waals surface area contributed by atoms with Gasteiger partial charge >= 0.3 is 0 Å². The van der Waals surface area contributed by atoms with Crippen LogP contribution in [-0.2, 0) is 6.42 Å². The van der Waals surface area contributed by atoms with Crippen LogP contribution in [0, 0.1) is 6.92 Å². The quantitative estimate of drug-likeness (QED) is 0.816. The molecule has 0 atom stereocenters. The number of rotatable bonds is 2. The van der Waals surface area contributed by atoms with E-state index < -0.39 is 0 Å². The second-order valence-corrected chi connectivity index (χ2v) is 4.05. The van der Waals surface area contributed by atoms with Gasteiger partial charge in [-0.15, -0.1) is 11.3 Å². The summed E-state index contributed by atoms with van der Waals surface area (Å²) in [6, 6.07) is 3.88. The fourth-order valence-corrected chi connectivity index (χ4v) is 2.04. The summed E-state index contributed by atoms with van der Waals surface area (Å²) in [7, 11) is 0. The van der Waals surface area contributed by atoms with Crippen molar-refractivity contribution in [2.75, 3.05) is 5.73 Å². The number of pyridine rings is 1. The molecule has 0 unspecified atom stereocenters. The molecule has 0 aliphatic rings. The number of nitrogens with two attached hydrogens (primary N) is 1. The van der Waals surface area contributed by atoms with Crippen molar-refractivity contribution in [1.82, 2.24) is 9.97 Å². The van der Waals surface area contributed by atoms with E-state index in [0.717, 1.165) is 22.7 Å². The minimum absolute atomic E-state index is 0.598. The molecular weight excluding hydrogens is 194 g/mol. The highest BCUT2D eigenvalue weighted by atomic mass is 32.1. The molecule has 2 rings (SSSR count). The predicted octanol–water partition coefficient (Wildman–Crippen LogP) is 2.02. The van der Waals surface area contributed by atoms with Crippen LogP contribution in [0.3, 0.4) is 0 Å². The van der Waals surface area contributed by atoms with Crippen LogP contribution in [0.15, 0.2) is 23.7 Å². The van der Waals surface area contributed by atoms with Gasteiger partial charge in [-0.2, -0.15) is 0 Å². The largest absolute Gasteiger partial charge is 0.383 e. The number of anilines is 1. The van der Waals surface area contributed by atoms with Gasteiger partial charge in [0.05, 0.1) is 5.01 Å². The third-order valence-corrected chi connectivity index (χ3v) is 2.90. The fourth-order valence-electron chi connectivity index (χ4n) is 1.25. The highest BCUT2D eigenvalue weighted by Crippen LogP contribution is 2.16. The average molecular weight is 205 g/mol. The van der Waals surface area contributed by atoms with Crippen LogP contribution in [0.2, 0.25) is 0 Å². The Labute approximate surface area is 86.6 Å². The molecule has 4 heteroatoms. The molecule has 0 bridgehead atoms. The van der Waals surface area contributed by atoms with Crippen LogP contribution in [0.4, 0.5) is 5.82 Å². The number of aromatic nitrogens is 2. The number of aryl methyl sites for hydroxylation is 1. The van der Waals surface area contributed by atoms with Gasteiger partial charge in [0.15, 0.2) is 0 Å².